The van der Waals surface area contributed by atoms with Crippen LogP contribution in [-0.2, 0) is 4.74 Å². The molecule has 5 nitrogen and oxygen atoms in total. The molecule has 1 aliphatic rings. The van der Waals surface area contributed by atoms with Crippen LogP contribution in [0.3, 0.4) is 0 Å². The summed E-state index contributed by atoms with van der Waals surface area (Å²) in [6, 6.07) is 8.30. The van der Waals surface area contributed by atoms with Crippen LogP contribution in [0.25, 0.3) is 11.5 Å². The van der Waals surface area contributed by atoms with Gasteiger partial charge >= 0.3 is 0 Å². The van der Waals surface area contributed by atoms with Gasteiger partial charge in [0.15, 0.2) is 5.82 Å². The van der Waals surface area contributed by atoms with Crippen molar-refractivity contribution < 1.29 is 9.26 Å². The van der Waals surface area contributed by atoms with E-state index in [1.165, 1.54) is 0 Å². The molecule has 1 aromatic carbocycles. The fourth-order valence-corrected chi connectivity index (χ4v) is 2.32. The van der Waals surface area contributed by atoms with Crippen molar-refractivity contribution in [3.8, 4) is 11.5 Å². The Morgan fingerprint density at radius 2 is 2.16 bits per heavy atom. The number of nitrogens with one attached hydrogen (secondary N) is 1. The summed E-state index contributed by atoms with van der Waals surface area (Å²) in [5.74, 6) is 1.19. The fraction of sp³-hybridized carbons (Fsp3) is 0.429. The first kappa shape index (κ1) is 12.2. The molecular weight excluding hydrogens is 242 g/mol. The molecule has 1 aromatic heterocycles. The molecule has 0 spiro atoms. The van der Waals surface area contributed by atoms with E-state index in [-0.39, 0.29) is 6.10 Å². The van der Waals surface area contributed by atoms with E-state index in [4.69, 9.17) is 9.26 Å². The molecule has 5 heteroatoms. The van der Waals surface area contributed by atoms with E-state index in [0.717, 1.165) is 24.3 Å². The quantitative estimate of drug-likeness (QED) is 0.918. The molecule has 0 aliphatic carbocycles. The van der Waals surface area contributed by atoms with Crippen molar-refractivity contribution in [2.24, 2.45) is 0 Å². The number of para-hydroxylation sites is 1. The van der Waals surface area contributed by atoms with Gasteiger partial charge in [-0.25, -0.2) is 0 Å². The molecule has 0 radical (unpaired) electrons. The number of hydrogen-bond acceptors (Lipinski definition) is 5. The first-order valence-corrected chi connectivity index (χ1v) is 6.52. The van der Waals surface area contributed by atoms with E-state index in [1.807, 2.05) is 31.2 Å². The molecule has 2 aromatic rings. The van der Waals surface area contributed by atoms with Crippen LogP contribution in [0.2, 0.25) is 0 Å². The minimum Gasteiger partial charge on any atom is -0.379 e. The van der Waals surface area contributed by atoms with Gasteiger partial charge in [-0.2, -0.15) is 4.98 Å². The standard InChI is InChI=1S/C14H17N3O2/c1-9-12(7-8-18-9)16-13-6-4-3-5-11(13)14-15-10(2)17-19-14/h3-6,9,12,16H,7-8H2,1-2H3. The normalized spacial score (nSPS) is 22.6. The molecule has 1 N–H and O–H groups in total. The van der Waals surface area contributed by atoms with Crippen molar-refractivity contribution in [1.29, 1.82) is 0 Å². The minimum atomic E-state index is 0.220. The molecule has 100 valence electrons. The zero-order chi connectivity index (χ0) is 13.2. The van der Waals surface area contributed by atoms with Gasteiger partial charge in [0.05, 0.1) is 17.7 Å². The van der Waals surface area contributed by atoms with E-state index < -0.39 is 0 Å². The number of benzene rings is 1. The largest absolute Gasteiger partial charge is 0.379 e. The van der Waals surface area contributed by atoms with Crippen LogP contribution < -0.4 is 5.32 Å². The predicted octanol–water partition coefficient (Wildman–Crippen LogP) is 2.63. The van der Waals surface area contributed by atoms with Crippen molar-refractivity contribution >= 4 is 5.69 Å². The highest BCUT2D eigenvalue weighted by atomic mass is 16.5. The summed E-state index contributed by atoms with van der Waals surface area (Å²) in [5, 5.41) is 7.36. The van der Waals surface area contributed by atoms with Crippen LogP contribution in [0, 0.1) is 6.92 Å². The number of nitrogens with zero attached hydrogens (tertiary/aromatic N) is 2. The Kier molecular flexibility index (Phi) is 3.21. The van der Waals surface area contributed by atoms with Crippen LogP contribution in [0.15, 0.2) is 28.8 Å². The first-order chi connectivity index (χ1) is 9.24. The lowest BCUT2D eigenvalue weighted by Crippen LogP contribution is -2.26. The lowest BCUT2D eigenvalue weighted by Gasteiger charge is -2.18. The van der Waals surface area contributed by atoms with Crippen molar-refractivity contribution in [2.45, 2.75) is 32.4 Å². The summed E-state index contributed by atoms with van der Waals surface area (Å²) in [5.41, 5.74) is 1.94. The Bertz CT molecular complexity index is 567. The molecule has 1 saturated heterocycles. The number of ether oxygens (including phenoxy) is 1. The van der Waals surface area contributed by atoms with Gasteiger partial charge in [-0.15, -0.1) is 0 Å². The van der Waals surface area contributed by atoms with E-state index in [2.05, 4.69) is 22.4 Å². The van der Waals surface area contributed by atoms with Gasteiger partial charge in [0.25, 0.3) is 5.89 Å². The van der Waals surface area contributed by atoms with Gasteiger partial charge < -0.3 is 14.6 Å². The Morgan fingerprint density at radius 1 is 1.32 bits per heavy atom. The second kappa shape index (κ2) is 5.01. The summed E-state index contributed by atoms with van der Waals surface area (Å²) in [7, 11) is 0. The zero-order valence-electron chi connectivity index (χ0n) is 11.1. The van der Waals surface area contributed by atoms with Crippen molar-refractivity contribution in [3.05, 3.63) is 30.1 Å². The number of hydrogen-bond donors (Lipinski definition) is 1. The van der Waals surface area contributed by atoms with Gasteiger partial charge in [0, 0.05) is 12.3 Å². The Balaban J connectivity index is 1.89. The Morgan fingerprint density at radius 3 is 2.84 bits per heavy atom. The zero-order valence-corrected chi connectivity index (χ0v) is 11.1. The lowest BCUT2D eigenvalue weighted by atomic mass is 10.1. The van der Waals surface area contributed by atoms with Gasteiger partial charge in [-0.05, 0) is 32.4 Å². The third-order valence-electron chi connectivity index (χ3n) is 3.40. The maximum atomic E-state index is 5.57. The van der Waals surface area contributed by atoms with Gasteiger partial charge in [-0.1, -0.05) is 17.3 Å². The molecule has 19 heavy (non-hydrogen) atoms. The van der Waals surface area contributed by atoms with E-state index >= 15 is 0 Å². The topological polar surface area (TPSA) is 60.2 Å². The summed E-state index contributed by atoms with van der Waals surface area (Å²) >= 11 is 0. The highest BCUT2D eigenvalue weighted by Gasteiger charge is 2.25. The second-order valence-corrected chi connectivity index (χ2v) is 4.81. The monoisotopic (exact) mass is 259 g/mol. The summed E-state index contributed by atoms with van der Waals surface area (Å²) in [6.07, 6.45) is 1.23. The van der Waals surface area contributed by atoms with Crippen LogP contribution in [0.5, 0.6) is 0 Å². The van der Waals surface area contributed by atoms with Crippen LogP contribution >= 0.6 is 0 Å². The fourth-order valence-electron chi connectivity index (χ4n) is 2.32. The highest BCUT2D eigenvalue weighted by Crippen LogP contribution is 2.28. The SMILES string of the molecule is Cc1noc(-c2ccccc2NC2CCOC2C)n1. The van der Waals surface area contributed by atoms with E-state index in [1.54, 1.807) is 0 Å². The van der Waals surface area contributed by atoms with Gasteiger partial charge in [-0.3, -0.25) is 0 Å². The second-order valence-electron chi connectivity index (χ2n) is 4.81. The maximum Gasteiger partial charge on any atom is 0.260 e. The van der Waals surface area contributed by atoms with Crippen LogP contribution in [0.4, 0.5) is 5.69 Å². The molecule has 0 saturated carbocycles. The maximum absolute atomic E-state index is 5.57. The molecule has 1 fully saturated rings. The third kappa shape index (κ3) is 2.46. The number of rotatable bonds is 3. The van der Waals surface area contributed by atoms with Crippen molar-refractivity contribution in [2.75, 3.05) is 11.9 Å². The van der Waals surface area contributed by atoms with E-state index in [9.17, 15) is 0 Å². The summed E-state index contributed by atoms with van der Waals surface area (Å²) < 4.78 is 10.8. The van der Waals surface area contributed by atoms with E-state index in [0.29, 0.717) is 17.8 Å². The average molecular weight is 259 g/mol. The first-order valence-electron chi connectivity index (χ1n) is 6.52. The molecule has 2 atom stereocenters. The number of anilines is 1. The molecule has 0 amide bonds. The van der Waals surface area contributed by atoms with Gasteiger partial charge in [0.2, 0.25) is 0 Å². The number of aromatic nitrogens is 2. The van der Waals surface area contributed by atoms with Crippen molar-refractivity contribution in [3.63, 3.8) is 0 Å². The lowest BCUT2D eigenvalue weighted by molar-refractivity contribution is 0.121. The molecule has 3 rings (SSSR count). The van der Waals surface area contributed by atoms with Crippen molar-refractivity contribution in [1.82, 2.24) is 10.1 Å². The Labute approximate surface area is 112 Å². The highest BCUT2D eigenvalue weighted by molar-refractivity contribution is 5.72. The molecular formula is C14H17N3O2. The predicted molar refractivity (Wildman–Crippen MR) is 71.9 cm³/mol. The molecule has 2 heterocycles. The molecule has 1 aliphatic heterocycles. The summed E-state index contributed by atoms with van der Waals surface area (Å²) in [6.45, 7) is 4.71. The average Bonchev–Trinajstić information content (AvgIpc) is 3.00. The molecule has 2 unspecified atom stereocenters. The smallest absolute Gasteiger partial charge is 0.260 e. The number of aryl methyl sites for hydroxylation is 1. The van der Waals surface area contributed by atoms with Crippen LogP contribution in [-0.4, -0.2) is 28.9 Å². The summed E-state index contributed by atoms with van der Waals surface area (Å²) in [4.78, 5) is 4.29. The van der Waals surface area contributed by atoms with Crippen LogP contribution in [0.1, 0.15) is 19.2 Å². The molecule has 0 bridgehead atoms. The Hall–Kier alpha value is -1.88. The third-order valence-corrected chi connectivity index (χ3v) is 3.40. The minimum absolute atomic E-state index is 0.220. The van der Waals surface area contributed by atoms with Gasteiger partial charge in [0.1, 0.15) is 0 Å².